The first-order valence-electron chi connectivity index (χ1n) is 6.08. The van der Waals surface area contributed by atoms with Crippen LogP contribution in [0.2, 0.25) is 5.02 Å². The van der Waals surface area contributed by atoms with Crippen molar-refractivity contribution in [3.63, 3.8) is 0 Å². The van der Waals surface area contributed by atoms with Gasteiger partial charge in [0.25, 0.3) is 5.91 Å². The van der Waals surface area contributed by atoms with Crippen molar-refractivity contribution in [1.29, 1.82) is 0 Å². The van der Waals surface area contributed by atoms with Crippen LogP contribution in [0.15, 0.2) is 18.2 Å². The minimum absolute atomic E-state index is 0.0391. The maximum Gasteiger partial charge on any atom is 0.316 e. The van der Waals surface area contributed by atoms with E-state index in [1.807, 2.05) is 0 Å². The molecule has 1 aromatic heterocycles. The summed E-state index contributed by atoms with van der Waals surface area (Å²) in [5.41, 5.74) is 1.22. The molecule has 0 aliphatic heterocycles. The second-order valence-electron chi connectivity index (χ2n) is 4.31. The summed E-state index contributed by atoms with van der Waals surface area (Å²) >= 11 is 5.87. The molecule has 21 heavy (non-hydrogen) atoms. The Morgan fingerprint density at radius 2 is 1.90 bits per heavy atom. The average Bonchev–Trinajstić information content (AvgIpc) is 2.42. The number of rotatable bonds is 3. The normalized spacial score (nSPS) is 10.3. The van der Waals surface area contributed by atoms with Gasteiger partial charge in [0.1, 0.15) is 5.82 Å². The molecule has 0 atom stereocenters. The van der Waals surface area contributed by atoms with E-state index in [1.54, 1.807) is 13.8 Å². The largest absolute Gasteiger partial charge is 0.467 e. The van der Waals surface area contributed by atoms with Crippen LogP contribution in [0.1, 0.15) is 21.7 Å². The number of carbonyl (C=O) groups is 1. The molecule has 2 rings (SSSR count). The number of nitrogens with one attached hydrogen (secondary N) is 1. The van der Waals surface area contributed by atoms with Crippen LogP contribution in [0.5, 0.6) is 6.01 Å². The Labute approximate surface area is 126 Å². The molecular weight excluding hydrogens is 297 g/mol. The Bertz CT molecular complexity index is 663. The highest BCUT2D eigenvalue weighted by Gasteiger charge is 2.18. The van der Waals surface area contributed by atoms with Gasteiger partial charge in [-0.3, -0.25) is 4.79 Å². The summed E-state index contributed by atoms with van der Waals surface area (Å²) in [5, 5.41) is 2.62. The first-order valence-corrected chi connectivity index (χ1v) is 6.46. The molecule has 0 fully saturated rings. The summed E-state index contributed by atoms with van der Waals surface area (Å²) in [6.45, 7) is 3.38. The molecule has 1 amide bonds. The smallest absolute Gasteiger partial charge is 0.316 e. The maximum absolute atomic E-state index is 13.7. The molecular formula is C14H13ClFN3O2. The quantitative estimate of drug-likeness (QED) is 0.946. The van der Waals surface area contributed by atoms with Gasteiger partial charge in [-0.05, 0) is 26.0 Å². The van der Waals surface area contributed by atoms with Crippen LogP contribution in [0.25, 0.3) is 0 Å². The first kappa shape index (κ1) is 15.2. The standard InChI is InChI=1S/C14H13ClFN3O2/c1-7-12(8(2)18-14(17-7)21-3)19-13(20)11-9(15)5-4-6-10(11)16/h4-6H,1-3H3,(H,19,20). The van der Waals surface area contributed by atoms with Crippen LogP contribution in [0, 0.1) is 19.7 Å². The fourth-order valence-electron chi connectivity index (χ4n) is 1.85. The van der Waals surface area contributed by atoms with Gasteiger partial charge in [-0.25, -0.2) is 4.39 Å². The van der Waals surface area contributed by atoms with Gasteiger partial charge >= 0.3 is 6.01 Å². The van der Waals surface area contributed by atoms with E-state index >= 15 is 0 Å². The fourth-order valence-corrected chi connectivity index (χ4v) is 2.10. The van der Waals surface area contributed by atoms with Crippen LogP contribution in [-0.4, -0.2) is 23.0 Å². The lowest BCUT2D eigenvalue weighted by Gasteiger charge is -2.12. The summed E-state index contributed by atoms with van der Waals surface area (Å²) in [6.07, 6.45) is 0. The predicted molar refractivity (Wildman–Crippen MR) is 77.4 cm³/mol. The number of hydrogen-bond donors (Lipinski definition) is 1. The topological polar surface area (TPSA) is 64.1 Å². The van der Waals surface area contributed by atoms with E-state index in [4.69, 9.17) is 16.3 Å². The van der Waals surface area contributed by atoms with Gasteiger partial charge < -0.3 is 10.1 Å². The number of benzene rings is 1. The van der Waals surface area contributed by atoms with Crippen molar-refractivity contribution in [2.75, 3.05) is 12.4 Å². The summed E-state index contributed by atoms with van der Waals surface area (Å²) in [4.78, 5) is 20.3. The lowest BCUT2D eigenvalue weighted by Crippen LogP contribution is -2.17. The second kappa shape index (κ2) is 6.05. The van der Waals surface area contributed by atoms with Gasteiger partial charge in [-0.2, -0.15) is 9.97 Å². The second-order valence-corrected chi connectivity index (χ2v) is 4.71. The molecule has 0 saturated heterocycles. The Kier molecular flexibility index (Phi) is 4.37. The summed E-state index contributed by atoms with van der Waals surface area (Å²) < 4.78 is 18.7. The van der Waals surface area contributed by atoms with Crippen molar-refractivity contribution in [2.45, 2.75) is 13.8 Å². The molecule has 0 spiro atoms. The SMILES string of the molecule is COc1nc(C)c(NC(=O)c2c(F)cccc2Cl)c(C)n1. The van der Waals surface area contributed by atoms with Crippen molar-refractivity contribution < 1.29 is 13.9 Å². The highest BCUT2D eigenvalue weighted by Crippen LogP contribution is 2.23. The average molecular weight is 310 g/mol. The number of methoxy groups -OCH3 is 1. The summed E-state index contributed by atoms with van der Waals surface area (Å²) in [6, 6.07) is 4.25. The number of nitrogens with zero attached hydrogens (tertiary/aromatic N) is 2. The molecule has 1 aromatic carbocycles. The Balaban J connectivity index is 2.37. The molecule has 0 unspecified atom stereocenters. The Morgan fingerprint density at radius 3 is 2.43 bits per heavy atom. The van der Waals surface area contributed by atoms with E-state index in [0.29, 0.717) is 17.1 Å². The Morgan fingerprint density at radius 1 is 1.29 bits per heavy atom. The molecule has 7 heteroatoms. The third kappa shape index (κ3) is 3.11. The summed E-state index contributed by atoms with van der Waals surface area (Å²) in [5.74, 6) is -1.34. The third-order valence-corrected chi connectivity index (χ3v) is 3.18. The van der Waals surface area contributed by atoms with Crippen molar-refractivity contribution >= 4 is 23.2 Å². The third-order valence-electron chi connectivity index (χ3n) is 2.86. The highest BCUT2D eigenvalue weighted by molar-refractivity contribution is 6.34. The molecule has 110 valence electrons. The van der Waals surface area contributed by atoms with Crippen LogP contribution >= 0.6 is 11.6 Å². The minimum Gasteiger partial charge on any atom is -0.467 e. The first-order chi connectivity index (χ1) is 9.93. The number of carbonyl (C=O) groups excluding carboxylic acids is 1. The molecule has 0 saturated carbocycles. The van der Waals surface area contributed by atoms with Gasteiger partial charge in [0, 0.05) is 0 Å². The molecule has 0 aliphatic rings. The van der Waals surface area contributed by atoms with Gasteiger partial charge in [-0.1, -0.05) is 17.7 Å². The van der Waals surface area contributed by atoms with Crippen LogP contribution in [0.4, 0.5) is 10.1 Å². The van der Waals surface area contributed by atoms with E-state index in [9.17, 15) is 9.18 Å². The van der Waals surface area contributed by atoms with Crippen LogP contribution < -0.4 is 10.1 Å². The van der Waals surface area contributed by atoms with E-state index in [0.717, 1.165) is 0 Å². The fraction of sp³-hybridized carbons (Fsp3) is 0.214. The molecule has 0 bridgehead atoms. The van der Waals surface area contributed by atoms with Crippen molar-refractivity contribution in [3.8, 4) is 6.01 Å². The molecule has 1 N–H and O–H groups in total. The summed E-state index contributed by atoms with van der Waals surface area (Å²) in [7, 11) is 1.45. The number of aryl methyl sites for hydroxylation is 2. The predicted octanol–water partition coefficient (Wildman–Crippen LogP) is 3.15. The highest BCUT2D eigenvalue weighted by atomic mass is 35.5. The molecule has 1 heterocycles. The van der Waals surface area contributed by atoms with Crippen LogP contribution in [0.3, 0.4) is 0 Å². The lowest BCUT2D eigenvalue weighted by molar-refractivity contribution is 0.102. The van der Waals surface area contributed by atoms with Crippen molar-refractivity contribution in [2.24, 2.45) is 0 Å². The van der Waals surface area contributed by atoms with E-state index < -0.39 is 11.7 Å². The number of halogens is 2. The number of hydrogen-bond acceptors (Lipinski definition) is 4. The van der Waals surface area contributed by atoms with E-state index in [1.165, 1.54) is 25.3 Å². The maximum atomic E-state index is 13.7. The zero-order valence-electron chi connectivity index (χ0n) is 11.7. The zero-order valence-corrected chi connectivity index (χ0v) is 12.5. The number of aromatic nitrogens is 2. The molecule has 5 nitrogen and oxygen atoms in total. The minimum atomic E-state index is -0.690. The molecule has 0 aliphatic carbocycles. The number of anilines is 1. The molecule has 0 radical (unpaired) electrons. The van der Waals surface area contributed by atoms with E-state index in [2.05, 4.69) is 15.3 Å². The van der Waals surface area contributed by atoms with Gasteiger partial charge in [0.2, 0.25) is 0 Å². The Hall–Kier alpha value is -2.21. The van der Waals surface area contributed by atoms with Gasteiger partial charge in [-0.15, -0.1) is 0 Å². The monoisotopic (exact) mass is 309 g/mol. The lowest BCUT2D eigenvalue weighted by atomic mass is 10.2. The van der Waals surface area contributed by atoms with Gasteiger partial charge in [0.05, 0.1) is 34.8 Å². The number of ether oxygens (including phenoxy) is 1. The molecule has 2 aromatic rings. The number of amides is 1. The van der Waals surface area contributed by atoms with Crippen LogP contribution in [-0.2, 0) is 0 Å². The van der Waals surface area contributed by atoms with E-state index in [-0.39, 0.29) is 16.6 Å². The van der Waals surface area contributed by atoms with Gasteiger partial charge in [0.15, 0.2) is 0 Å². The zero-order chi connectivity index (χ0) is 15.6. The van der Waals surface area contributed by atoms with Crippen molar-refractivity contribution in [1.82, 2.24) is 9.97 Å². The van der Waals surface area contributed by atoms with Crippen molar-refractivity contribution in [3.05, 3.63) is 46.0 Å².